The molecule has 3 aromatic carbocycles. The fourth-order valence-electron chi connectivity index (χ4n) is 3.68. The molecule has 0 bridgehead atoms. The van der Waals surface area contributed by atoms with Crippen molar-refractivity contribution in [1.82, 2.24) is 9.80 Å². The first-order valence-electron chi connectivity index (χ1n) is 9.69. The van der Waals surface area contributed by atoms with Gasteiger partial charge in [0, 0.05) is 19.2 Å². The highest BCUT2D eigenvalue weighted by Crippen LogP contribution is 2.23. The van der Waals surface area contributed by atoms with Crippen LogP contribution in [0.15, 0.2) is 60.7 Å². The van der Waals surface area contributed by atoms with Crippen molar-refractivity contribution < 1.29 is 19.1 Å². The number of amides is 3. The largest absolute Gasteiger partial charge is 0.497 e. The van der Waals surface area contributed by atoms with E-state index in [9.17, 15) is 14.4 Å². The van der Waals surface area contributed by atoms with Gasteiger partial charge in [-0.3, -0.25) is 19.3 Å². The molecule has 1 aliphatic heterocycles. The summed E-state index contributed by atoms with van der Waals surface area (Å²) < 4.78 is 5.25. The molecule has 0 radical (unpaired) electrons. The normalized spacial score (nSPS) is 13.3. The van der Waals surface area contributed by atoms with Crippen LogP contribution in [0.25, 0.3) is 10.8 Å². The summed E-state index contributed by atoms with van der Waals surface area (Å²) in [5.74, 6) is -0.255. The van der Waals surface area contributed by atoms with E-state index in [0.717, 1.165) is 27.0 Å². The Morgan fingerprint density at radius 2 is 1.77 bits per heavy atom. The Kier molecular flexibility index (Phi) is 5.23. The Labute approximate surface area is 174 Å². The SMILES string of the molecule is COc1ccc2cc(CN(C)C(=O)CN3C(=O)Cc4ccccc4C3=O)ccc2c1. The Morgan fingerprint density at radius 3 is 2.57 bits per heavy atom. The summed E-state index contributed by atoms with van der Waals surface area (Å²) in [6, 6.07) is 18.8. The first-order valence-corrected chi connectivity index (χ1v) is 9.69. The van der Waals surface area contributed by atoms with E-state index in [-0.39, 0.29) is 24.8 Å². The molecule has 1 aliphatic rings. The third-order valence-electron chi connectivity index (χ3n) is 5.39. The smallest absolute Gasteiger partial charge is 0.261 e. The lowest BCUT2D eigenvalue weighted by Gasteiger charge is -2.28. The maximum absolute atomic E-state index is 12.7. The van der Waals surface area contributed by atoms with E-state index in [1.165, 1.54) is 4.90 Å². The minimum absolute atomic E-state index is 0.132. The third-order valence-corrected chi connectivity index (χ3v) is 5.39. The second-order valence-corrected chi connectivity index (χ2v) is 7.42. The molecule has 0 aliphatic carbocycles. The van der Waals surface area contributed by atoms with Crippen LogP contribution in [-0.4, -0.2) is 48.2 Å². The molecule has 0 atom stereocenters. The Hall–Kier alpha value is -3.67. The predicted octanol–water partition coefficient (Wildman–Crippen LogP) is 3.03. The Bertz CT molecular complexity index is 1150. The fourth-order valence-corrected chi connectivity index (χ4v) is 3.68. The highest BCUT2D eigenvalue weighted by atomic mass is 16.5. The van der Waals surface area contributed by atoms with Crippen molar-refractivity contribution in [3.8, 4) is 5.75 Å². The van der Waals surface area contributed by atoms with Gasteiger partial charge in [0.2, 0.25) is 11.8 Å². The van der Waals surface area contributed by atoms with Crippen LogP contribution in [0, 0.1) is 0 Å². The van der Waals surface area contributed by atoms with Crippen molar-refractivity contribution >= 4 is 28.5 Å². The Morgan fingerprint density at radius 1 is 1.03 bits per heavy atom. The molecule has 6 nitrogen and oxygen atoms in total. The number of rotatable bonds is 5. The zero-order chi connectivity index (χ0) is 21.3. The van der Waals surface area contributed by atoms with Crippen molar-refractivity contribution in [3.05, 3.63) is 77.4 Å². The summed E-state index contributed by atoms with van der Waals surface area (Å²) in [6.07, 6.45) is 0.132. The zero-order valence-electron chi connectivity index (χ0n) is 16.9. The number of fused-ring (bicyclic) bond motifs is 2. The van der Waals surface area contributed by atoms with E-state index >= 15 is 0 Å². The van der Waals surface area contributed by atoms with Crippen LogP contribution < -0.4 is 4.74 Å². The van der Waals surface area contributed by atoms with E-state index < -0.39 is 5.91 Å². The monoisotopic (exact) mass is 402 g/mol. The number of methoxy groups -OCH3 is 1. The van der Waals surface area contributed by atoms with Crippen molar-refractivity contribution in [2.45, 2.75) is 13.0 Å². The number of imide groups is 1. The fraction of sp³-hybridized carbons (Fsp3) is 0.208. The van der Waals surface area contributed by atoms with Crippen molar-refractivity contribution in [2.75, 3.05) is 20.7 Å². The number of likely N-dealkylation sites (N-methyl/N-ethyl adjacent to an activating group) is 1. The molecule has 0 saturated heterocycles. The quantitative estimate of drug-likeness (QED) is 0.616. The van der Waals surface area contributed by atoms with Gasteiger partial charge in [-0.2, -0.15) is 0 Å². The van der Waals surface area contributed by atoms with Gasteiger partial charge in [0.15, 0.2) is 0 Å². The molecule has 6 heteroatoms. The highest BCUT2D eigenvalue weighted by Gasteiger charge is 2.32. The van der Waals surface area contributed by atoms with E-state index in [1.54, 1.807) is 38.4 Å². The van der Waals surface area contributed by atoms with Gasteiger partial charge < -0.3 is 9.64 Å². The predicted molar refractivity (Wildman–Crippen MR) is 113 cm³/mol. The molecule has 0 spiro atoms. The second-order valence-electron chi connectivity index (χ2n) is 7.42. The average molecular weight is 402 g/mol. The van der Waals surface area contributed by atoms with Gasteiger partial charge in [-0.05, 0) is 46.2 Å². The number of hydrogen-bond donors (Lipinski definition) is 0. The van der Waals surface area contributed by atoms with Gasteiger partial charge in [0.25, 0.3) is 5.91 Å². The third kappa shape index (κ3) is 3.76. The maximum atomic E-state index is 12.7. The topological polar surface area (TPSA) is 66.9 Å². The summed E-state index contributed by atoms with van der Waals surface area (Å²) in [6.45, 7) is 0.126. The summed E-state index contributed by atoms with van der Waals surface area (Å²) in [7, 11) is 3.31. The lowest BCUT2D eigenvalue weighted by Crippen LogP contribution is -2.47. The summed E-state index contributed by atoms with van der Waals surface area (Å²) in [5.41, 5.74) is 2.15. The van der Waals surface area contributed by atoms with Crippen molar-refractivity contribution in [3.63, 3.8) is 0 Å². The number of carbonyl (C=O) groups excluding carboxylic acids is 3. The van der Waals surface area contributed by atoms with Gasteiger partial charge in [-0.1, -0.05) is 36.4 Å². The number of hydrogen-bond acceptors (Lipinski definition) is 4. The molecule has 1 heterocycles. The van der Waals surface area contributed by atoms with Gasteiger partial charge >= 0.3 is 0 Å². The number of nitrogens with zero attached hydrogens (tertiary/aromatic N) is 2. The molecule has 0 N–H and O–H groups in total. The van der Waals surface area contributed by atoms with Gasteiger partial charge in [-0.25, -0.2) is 0 Å². The molecule has 30 heavy (non-hydrogen) atoms. The van der Waals surface area contributed by atoms with Crippen molar-refractivity contribution in [2.24, 2.45) is 0 Å². The zero-order valence-corrected chi connectivity index (χ0v) is 16.9. The maximum Gasteiger partial charge on any atom is 0.261 e. The lowest BCUT2D eigenvalue weighted by molar-refractivity contribution is -0.137. The Balaban J connectivity index is 1.46. The molecule has 0 saturated carbocycles. The second kappa shape index (κ2) is 7.99. The molecule has 152 valence electrons. The van der Waals surface area contributed by atoms with Crippen LogP contribution in [0.5, 0.6) is 5.75 Å². The molecular formula is C24H22N2O4. The molecular weight excluding hydrogens is 380 g/mol. The summed E-state index contributed by atoms with van der Waals surface area (Å²) in [4.78, 5) is 40.4. The number of benzene rings is 3. The highest BCUT2D eigenvalue weighted by molar-refractivity contribution is 6.11. The van der Waals surface area contributed by atoms with Crippen LogP contribution in [0.1, 0.15) is 21.5 Å². The molecule has 0 aromatic heterocycles. The summed E-state index contributed by atoms with van der Waals surface area (Å²) >= 11 is 0. The van der Waals surface area contributed by atoms with Crippen molar-refractivity contribution in [1.29, 1.82) is 0 Å². The lowest BCUT2D eigenvalue weighted by atomic mass is 9.98. The van der Waals surface area contributed by atoms with E-state index in [2.05, 4.69) is 0 Å². The van der Waals surface area contributed by atoms with E-state index in [1.807, 2.05) is 36.4 Å². The number of ether oxygens (including phenoxy) is 1. The minimum atomic E-state index is -0.414. The molecule has 3 aromatic rings. The van der Waals surface area contributed by atoms with E-state index in [0.29, 0.717) is 17.7 Å². The van der Waals surface area contributed by atoms with Crippen LogP contribution >= 0.6 is 0 Å². The molecule has 0 fully saturated rings. The number of carbonyl (C=O) groups is 3. The van der Waals surface area contributed by atoms with Gasteiger partial charge in [-0.15, -0.1) is 0 Å². The average Bonchev–Trinajstić information content (AvgIpc) is 2.76. The van der Waals surface area contributed by atoms with E-state index in [4.69, 9.17) is 4.74 Å². The van der Waals surface area contributed by atoms with Gasteiger partial charge in [0.05, 0.1) is 13.5 Å². The van der Waals surface area contributed by atoms with Crippen LogP contribution in [0.2, 0.25) is 0 Å². The van der Waals surface area contributed by atoms with Crippen LogP contribution in [0.4, 0.5) is 0 Å². The van der Waals surface area contributed by atoms with Crippen LogP contribution in [0.3, 0.4) is 0 Å². The first kappa shape index (κ1) is 19.6. The van der Waals surface area contributed by atoms with Gasteiger partial charge in [0.1, 0.15) is 12.3 Å². The van der Waals surface area contributed by atoms with Crippen LogP contribution in [-0.2, 0) is 22.6 Å². The molecule has 4 rings (SSSR count). The standard InChI is InChI=1S/C24H22N2O4/c1-25(14-16-7-8-18-12-20(30-2)10-9-17(18)11-16)23(28)15-26-22(27)13-19-5-3-4-6-21(19)24(26)29/h3-12H,13-15H2,1-2H3. The summed E-state index contributed by atoms with van der Waals surface area (Å²) in [5, 5.41) is 2.10. The minimum Gasteiger partial charge on any atom is -0.497 e. The first-order chi connectivity index (χ1) is 14.5. The molecule has 0 unspecified atom stereocenters. The molecule has 3 amide bonds.